The van der Waals surface area contributed by atoms with Gasteiger partial charge in [-0.05, 0) is 35.2 Å². The highest BCUT2D eigenvalue weighted by Crippen LogP contribution is 2.34. The van der Waals surface area contributed by atoms with Gasteiger partial charge in [0.15, 0.2) is 5.13 Å². The van der Waals surface area contributed by atoms with Gasteiger partial charge in [0, 0.05) is 0 Å². The number of carbonyl (C=O) groups is 1. The zero-order valence-corrected chi connectivity index (χ0v) is 18.6. The summed E-state index contributed by atoms with van der Waals surface area (Å²) >= 11 is 1.57. The summed E-state index contributed by atoms with van der Waals surface area (Å²) in [5, 5.41) is 0.733. The van der Waals surface area contributed by atoms with Crippen LogP contribution in [0.3, 0.4) is 0 Å². The second kappa shape index (κ2) is 9.75. The van der Waals surface area contributed by atoms with E-state index in [4.69, 9.17) is 9.72 Å². The predicted molar refractivity (Wildman–Crippen MR) is 128 cm³/mol. The molecular weight excluding hydrogens is 404 g/mol. The lowest BCUT2D eigenvalue weighted by Crippen LogP contribution is -2.31. The molecule has 4 aromatic rings. The zero-order valence-electron chi connectivity index (χ0n) is 17.8. The number of hydrogen-bond acceptors (Lipinski definition) is 4. The van der Waals surface area contributed by atoms with Crippen molar-refractivity contribution < 1.29 is 9.53 Å². The van der Waals surface area contributed by atoms with Crippen molar-refractivity contribution >= 4 is 32.6 Å². The molecule has 0 aliphatic carbocycles. The molecule has 3 aromatic carbocycles. The fourth-order valence-electron chi connectivity index (χ4n) is 3.48. The van der Waals surface area contributed by atoms with Gasteiger partial charge in [0.05, 0.1) is 29.8 Å². The molecule has 0 bridgehead atoms. The summed E-state index contributed by atoms with van der Waals surface area (Å²) in [6, 6.07) is 25.9. The lowest BCUT2D eigenvalue weighted by atomic mass is 10.0. The van der Waals surface area contributed by atoms with E-state index in [1.807, 2.05) is 60.7 Å². The summed E-state index contributed by atoms with van der Waals surface area (Å²) in [5.74, 6) is 1.15. The van der Waals surface area contributed by atoms with Gasteiger partial charge in [-0.15, -0.1) is 0 Å². The van der Waals surface area contributed by atoms with Gasteiger partial charge in [0.2, 0.25) is 5.91 Å². The quantitative estimate of drug-likeness (QED) is 0.324. The number of hydrogen-bond donors (Lipinski definition) is 0. The van der Waals surface area contributed by atoms with Gasteiger partial charge < -0.3 is 4.74 Å². The van der Waals surface area contributed by atoms with Gasteiger partial charge >= 0.3 is 0 Å². The fraction of sp³-hybridized carbons (Fsp3) is 0.231. The van der Waals surface area contributed by atoms with Crippen molar-refractivity contribution in [2.24, 2.45) is 0 Å². The molecule has 1 amide bonds. The average Bonchev–Trinajstić information content (AvgIpc) is 3.22. The molecule has 31 heavy (non-hydrogen) atoms. The first-order valence-electron chi connectivity index (χ1n) is 10.5. The molecule has 1 heterocycles. The van der Waals surface area contributed by atoms with Crippen LogP contribution in [0.25, 0.3) is 10.2 Å². The molecule has 5 heteroatoms. The first-order chi connectivity index (χ1) is 15.1. The van der Waals surface area contributed by atoms with Crippen molar-refractivity contribution in [3.05, 3.63) is 90.0 Å². The van der Waals surface area contributed by atoms with Gasteiger partial charge in [0.1, 0.15) is 5.75 Å². The normalized spacial score (nSPS) is 11.1. The first-order valence-corrected chi connectivity index (χ1v) is 11.3. The topological polar surface area (TPSA) is 42.4 Å². The molecule has 0 radical (unpaired) electrons. The van der Waals surface area contributed by atoms with E-state index in [0.717, 1.165) is 26.7 Å². The molecule has 0 saturated heterocycles. The Kier molecular flexibility index (Phi) is 6.63. The molecule has 158 valence electrons. The molecule has 0 saturated carbocycles. The molecule has 1 aromatic heterocycles. The molecular formula is C26H26N2O2S. The average molecular weight is 431 g/mol. The van der Waals surface area contributed by atoms with Crippen molar-refractivity contribution in [3.8, 4) is 5.75 Å². The van der Waals surface area contributed by atoms with E-state index in [1.54, 1.807) is 16.2 Å². The summed E-state index contributed by atoms with van der Waals surface area (Å²) in [6.45, 7) is 5.15. The van der Waals surface area contributed by atoms with Crippen molar-refractivity contribution in [2.45, 2.75) is 32.7 Å². The molecule has 0 aliphatic rings. The van der Waals surface area contributed by atoms with Crippen molar-refractivity contribution in [3.63, 3.8) is 0 Å². The molecule has 0 aliphatic heterocycles. The molecule has 0 N–H and O–H groups in total. The van der Waals surface area contributed by atoms with Gasteiger partial charge in [0.25, 0.3) is 0 Å². The Bertz CT molecular complexity index is 1140. The van der Waals surface area contributed by atoms with E-state index in [2.05, 4.69) is 32.0 Å². The number of carbonyl (C=O) groups excluding carboxylic acids is 1. The van der Waals surface area contributed by atoms with E-state index >= 15 is 0 Å². The first kappa shape index (κ1) is 21.1. The summed E-state index contributed by atoms with van der Waals surface area (Å²) < 4.78 is 6.86. The van der Waals surface area contributed by atoms with E-state index in [-0.39, 0.29) is 12.3 Å². The van der Waals surface area contributed by atoms with Crippen molar-refractivity contribution in [2.75, 3.05) is 11.5 Å². The minimum atomic E-state index is 0.00457. The van der Waals surface area contributed by atoms with Crippen LogP contribution in [0.15, 0.2) is 78.9 Å². The van der Waals surface area contributed by atoms with Gasteiger partial charge in [-0.25, -0.2) is 4.98 Å². The third-order valence-corrected chi connectivity index (χ3v) is 6.15. The van der Waals surface area contributed by atoms with Crippen LogP contribution < -0.4 is 9.64 Å². The van der Waals surface area contributed by atoms with Crippen LogP contribution in [-0.4, -0.2) is 17.5 Å². The number of thiazole rings is 1. The number of para-hydroxylation sites is 2. The van der Waals surface area contributed by atoms with Crippen molar-refractivity contribution in [1.29, 1.82) is 0 Å². The Labute approximate surface area is 187 Å². The van der Waals surface area contributed by atoms with E-state index < -0.39 is 0 Å². The highest BCUT2D eigenvalue weighted by Gasteiger charge is 2.21. The number of amides is 1. The second-order valence-corrected chi connectivity index (χ2v) is 8.73. The third kappa shape index (κ3) is 5.12. The maximum Gasteiger partial charge on any atom is 0.232 e. The maximum atomic E-state index is 13.2. The number of fused-ring (bicyclic) bond motifs is 1. The van der Waals surface area contributed by atoms with Crippen LogP contribution in [0.4, 0.5) is 5.13 Å². The molecule has 4 rings (SSSR count). The van der Waals surface area contributed by atoms with Crippen LogP contribution in [0.1, 0.15) is 37.3 Å². The standard InChI is InChI=1S/C26H26N2O2S/c1-19(2)22-14-9-15-23-25(22)27-26(31-23)28(18-20-10-5-3-6-11-20)24(29)16-17-30-21-12-7-4-8-13-21/h3-15,19H,16-18H2,1-2H3. The van der Waals surface area contributed by atoms with Crippen molar-refractivity contribution in [1.82, 2.24) is 4.98 Å². The van der Waals surface area contributed by atoms with Gasteiger partial charge in [-0.1, -0.05) is 85.8 Å². The molecule has 0 unspecified atom stereocenters. The number of aromatic nitrogens is 1. The summed E-state index contributed by atoms with van der Waals surface area (Å²) in [7, 11) is 0. The van der Waals surface area contributed by atoms with E-state index in [1.165, 1.54) is 5.56 Å². The molecule has 0 spiro atoms. The lowest BCUT2D eigenvalue weighted by molar-refractivity contribution is -0.119. The minimum absolute atomic E-state index is 0.00457. The van der Waals surface area contributed by atoms with Gasteiger partial charge in [-0.3, -0.25) is 9.69 Å². The summed E-state index contributed by atoms with van der Waals surface area (Å²) in [6.07, 6.45) is 0.286. The molecule has 4 nitrogen and oxygen atoms in total. The van der Waals surface area contributed by atoms with Crippen LogP contribution in [0.2, 0.25) is 0 Å². The minimum Gasteiger partial charge on any atom is -0.493 e. The number of ether oxygens (including phenoxy) is 1. The Balaban J connectivity index is 1.59. The van der Waals surface area contributed by atoms with E-state index in [9.17, 15) is 4.79 Å². The Morgan fingerprint density at radius 3 is 2.39 bits per heavy atom. The molecule has 0 atom stereocenters. The van der Waals surface area contributed by atoms with Crippen LogP contribution >= 0.6 is 11.3 Å². The SMILES string of the molecule is CC(C)c1cccc2sc(N(Cc3ccccc3)C(=O)CCOc3ccccc3)nc12. The smallest absolute Gasteiger partial charge is 0.232 e. The Hall–Kier alpha value is -3.18. The number of nitrogens with zero attached hydrogens (tertiary/aromatic N) is 2. The fourth-order valence-corrected chi connectivity index (χ4v) is 4.49. The Morgan fingerprint density at radius 2 is 1.68 bits per heavy atom. The number of rotatable bonds is 8. The highest BCUT2D eigenvalue weighted by atomic mass is 32.1. The second-order valence-electron chi connectivity index (χ2n) is 7.72. The lowest BCUT2D eigenvalue weighted by Gasteiger charge is -2.20. The monoisotopic (exact) mass is 430 g/mol. The third-order valence-electron chi connectivity index (χ3n) is 5.10. The van der Waals surface area contributed by atoms with Crippen LogP contribution in [-0.2, 0) is 11.3 Å². The zero-order chi connectivity index (χ0) is 21.6. The predicted octanol–water partition coefficient (Wildman–Crippen LogP) is 6.42. The Morgan fingerprint density at radius 1 is 0.968 bits per heavy atom. The number of anilines is 1. The highest BCUT2D eigenvalue weighted by molar-refractivity contribution is 7.22. The largest absolute Gasteiger partial charge is 0.493 e. The van der Waals surface area contributed by atoms with Gasteiger partial charge in [-0.2, -0.15) is 0 Å². The van der Waals surface area contributed by atoms with Crippen LogP contribution in [0.5, 0.6) is 5.75 Å². The molecule has 0 fully saturated rings. The maximum absolute atomic E-state index is 13.2. The van der Waals surface area contributed by atoms with E-state index in [0.29, 0.717) is 19.1 Å². The van der Waals surface area contributed by atoms with Crippen LogP contribution in [0, 0.1) is 0 Å². The summed E-state index contributed by atoms with van der Waals surface area (Å²) in [5.41, 5.74) is 3.27. The summed E-state index contributed by atoms with van der Waals surface area (Å²) in [4.78, 5) is 19.9. The number of benzene rings is 3.